The second-order valence-electron chi connectivity index (χ2n) is 3.10. The fraction of sp³-hybridized carbons (Fsp3) is 0. The molecule has 0 bridgehead atoms. The molecule has 2 aromatic carbocycles. The first-order valence-corrected chi connectivity index (χ1v) is 7.08. The van der Waals surface area contributed by atoms with E-state index < -0.39 is 0 Å². The van der Waals surface area contributed by atoms with Crippen LogP contribution in [-0.2, 0) is 0 Å². The Labute approximate surface area is 79.7 Å². The molecule has 0 radical (unpaired) electrons. The van der Waals surface area contributed by atoms with Crippen LogP contribution in [0.2, 0.25) is 0 Å². The van der Waals surface area contributed by atoms with Gasteiger partial charge >= 0.3 is 0 Å². The maximum atomic E-state index is 2.37. The summed E-state index contributed by atoms with van der Waals surface area (Å²) >= 11 is 0. The van der Waals surface area contributed by atoms with Gasteiger partial charge < -0.3 is 0 Å². The number of hydrogen-bond donors (Lipinski definition) is 0. The molecule has 1 unspecified atom stereocenters. The summed E-state index contributed by atoms with van der Waals surface area (Å²) in [6.07, 6.45) is 0. The van der Waals surface area contributed by atoms with Crippen molar-refractivity contribution in [2.24, 2.45) is 0 Å². The van der Waals surface area contributed by atoms with Crippen LogP contribution in [0.5, 0.6) is 0 Å². The van der Waals surface area contributed by atoms with Crippen molar-refractivity contribution < 1.29 is 0 Å². The summed E-state index contributed by atoms with van der Waals surface area (Å²) in [7, 11) is 2.44. The number of benzene rings is 2. The first-order chi connectivity index (χ1) is 6.45. The first-order valence-electron chi connectivity index (χ1n) is 4.26. The normalized spacial score (nSPS) is 12.3. The number of rotatable bonds is 0. The van der Waals surface area contributed by atoms with Crippen LogP contribution in [0.4, 0.5) is 0 Å². The van der Waals surface area contributed by atoms with E-state index in [1.807, 2.05) is 0 Å². The van der Waals surface area contributed by atoms with Crippen LogP contribution in [0.15, 0.2) is 42.2 Å². The molecule has 0 N–H and O–H groups in total. The molecule has 0 spiro atoms. The van der Waals surface area contributed by atoms with Gasteiger partial charge in [-0.1, -0.05) is 30.3 Å². The largest absolute Gasteiger partial charge is 0.109 e. The molecule has 0 aliphatic carbocycles. The molecule has 62 valence electrons. The molecule has 13 heavy (non-hydrogen) atoms. The van der Waals surface area contributed by atoms with E-state index in [4.69, 9.17) is 0 Å². The van der Waals surface area contributed by atoms with Crippen LogP contribution in [0.1, 0.15) is 0 Å². The SMILES string of the molecule is c1ccc2c(c1)ccc1p[pH]cc12. The van der Waals surface area contributed by atoms with Crippen LogP contribution in [0.3, 0.4) is 0 Å². The van der Waals surface area contributed by atoms with Crippen molar-refractivity contribution in [3.8, 4) is 0 Å². The van der Waals surface area contributed by atoms with E-state index in [-0.39, 0.29) is 0 Å². The molecule has 0 nitrogen and oxygen atoms in total. The Morgan fingerprint density at radius 2 is 1.85 bits per heavy atom. The van der Waals surface area contributed by atoms with E-state index in [1.54, 1.807) is 0 Å². The molecule has 3 aromatic rings. The molecule has 3 rings (SSSR count). The third-order valence-electron chi connectivity index (χ3n) is 2.34. The summed E-state index contributed by atoms with van der Waals surface area (Å²) in [4.78, 5) is 0. The Morgan fingerprint density at radius 1 is 0.923 bits per heavy atom. The topological polar surface area (TPSA) is 0 Å². The zero-order chi connectivity index (χ0) is 8.67. The molecule has 0 saturated heterocycles. The quantitative estimate of drug-likeness (QED) is 0.499. The van der Waals surface area contributed by atoms with Gasteiger partial charge in [0.05, 0.1) is 0 Å². The Morgan fingerprint density at radius 3 is 2.85 bits per heavy atom. The third kappa shape index (κ3) is 1.10. The van der Waals surface area contributed by atoms with Crippen molar-refractivity contribution in [2.45, 2.75) is 0 Å². The van der Waals surface area contributed by atoms with Crippen molar-refractivity contribution in [3.63, 3.8) is 0 Å². The molecule has 1 aromatic heterocycles. The van der Waals surface area contributed by atoms with E-state index in [1.165, 1.54) is 29.1 Å². The minimum absolute atomic E-state index is 0.957. The number of hydrogen-bond acceptors (Lipinski definition) is 0. The van der Waals surface area contributed by atoms with Crippen molar-refractivity contribution in [2.75, 3.05) is 0 Å². The van der Waals surface area contributed by atoms with Gasteiger partial charge in [0.25, 0.3) is 0 Å². The number of fused-ring (bicyclic) bond motifs is 3. The van der Waals surface area contributed by atoms with E-state index in [0.29, 0.717) is 0 Å². The van der Waals surface area contributed by atoms with Gasteiger partial charge in [-0.2, -0.15) is 0 Å². The molecular formula is C11H8P2. The zero-order valence-electron chi connectivity index (χ0n) is 6.99. The lowest BCUT2D eigenvalue weighted by atomic mass is 10.1. The molecule has 0 aliphatic rings. The minimum atomic E-state index is 0.957. The van der Waals surface area contributed by atoms with Crippen LogP contribution in [0.25, 0.3) is 21.3 Å². The first kappa shape index (κ1) is 7.56. The minimum Gasteiger partial charge on any atom is -0.109 e. The van der Waals surface area contributed by atoms with Gasteiger partial charge in [0.1, 0.15) is 0 Å². The van der Waals surface area contributed by atoms with Gasteiger partial charge in [0.2, 0.25) is 0 Å². The zero-order valence-corrected chi connectivity index (χ0v) is 8.88. The summed E-state index contributed by atoms with van der Waals surface area (Å²) in [5, 5.41) is 5.74. The maximum Gasteiger partial charge on any atom is 0.0137 e. The fourth-order valence-electron chi connectivity index (χ4n) is 1.70. The van der Waals surface area contributed by atoms with Crippen LogP contribution < -0.4 is 0 Å². The van der Waals surface area contributed by atoms with E-state index >= 15 is 0 Å². The van der Waals surface area contributed by atoms with Crippen molar-refractivity contribution in [1.82, 2.24) is 0 Å². The van der Waals surface area contributed by atoms with Crippen LogP contribution >= 0.6 is 15.7 Å². The summed E-state index contributed by atoms with van der Waals surface area (Å²) in [5.41, 5.74) is 0. The molecule has 0 aliphatic heterocycles. The van der Waals surface area contributed by atoms with Crippen LogP contribution in [0, 0.1) is 0 Å². The summed E-state index contributed by atoms with van der Waals surface area (Å²) < 4.78 is 0. The molecule has 0 saturated carbocycles. The molecule has 0 fully saturated rings. The highest BCUT2D eigenvalue weighted by Crippen LogP contribution is 2.37. The second-order valence-corrected chi connectivity index (χ2v) is 5.80. The molecule has 1 atom stereocenters. The van der Waals surface area contributed by atoms with E-state index in [2.05, 4.69) is 42.2 Å². The maximum absolute atomic E-state index is 2.37. The van der Waals surface area contributed by atoms with Crippen molar-refractivity contribution >= 4 is 37.0 Å². The lowest BCUT2D eigenvalue weighted by Crippen LogP contribution is -1.70. The fourth-order valence-corrected chi connectivity index (χ4v) is 4.50. The van der Waals surface area contributed by atoms with Gasteiger partial charge in [-0.3, -0.25) is 0 Å². The average Bonchev–Trinajstić information content (AvgIpc) is 2.65. The van der Waals surface area contributed by atoms with Gasteiger partial charge in [0.15, 0.2) is 0 Å². The smallest absolute Gasteiger partial charge is 0.0137 e. The monoisotopic (exact) mass is 202 g/mol. The standard InChI is InChI=1S/C11H8P2/c1-2-4-9-8(3-1)5-6-11-10(9)7-12-13-11/h1-7,12H. The molecular weight excluding hydrogens is 194 g/mol. The summed E-state index contributed by atoms with van der Waals surface area (Å²) in [6, 6.07) is 13.1. The second kappa shape index (κ2) is 2.84. The van der Waals surface area contributed by atoms with E-state index in [9.17, 15) is 0 Å². The Bertz CT molecular complexity index is 566. The predicted octanol–water partition coefficient (Wildman–Crippen LogP) is 4.60. The van der Waals surface area contributed by atoms with Crippen molar-refractivity contribution in [1.29, 1.82) is 0 Å². The van der Waals surface area contributed by atoms with Gasteiger partial charge in [-0.25, -0.2) is 0 Å². The average molecular weight is 202 g/mol. The van der Waals surface area contributed by atoms with Gasteiger partial charge in [-0.15, -0.1) is 7.87 Å². The lowest BCUT2D eigenvalue weighted by molar-refractivity contribution is 1.82. The highest BCUT2D eigenvalue weighted by atomic mass is 31.8. The Kier molecular flexibility index (Phi) is 1.65. The Balaban J connectivity index is 2.65. The molecule has 2 heteroatoms. The summed E-state index contributed by atoms with van der Waals surface area (Å²) in [5.74, 6) is 2.37. The molecule has 0 amide bonds. The van der Waals surface area contributed by atoms with Gasteiger partial charge in [0, 0.05) is 5.12 Å². The lowest BCUT2D eigenvalue weighted by Gasteiger charge is -1.97. The third-order valence-corrected chi connectivity index (χ3v) is 5.02. The van der Waals surface area contributed by atoms with Crippen LogP contribution in [-0.4, -0.2) is 0 Å². The Hall–Kier alpha value is -0.830. The van der Waals surface area contributed by atoms with E-state index in [0.717, 1.165) is 7.87 Å². The highest BCUT2D eigenvalue weighted by molar-refractivity contribution is 7.93. The summed E-state index contributed by atoms with van der Waals surface area (Å²) in [6.45, 7) is 0. The molecule has 1 heterocycles. The van der Waals surface area contributed by atoms with Gasteiger partial charge in [-0.05, 0) is 35.9 Å². The highest BCUT2D eigenvalue weighted by Gasteiger charge is 1.98. The predicted molar refractivity (Wildman–Crippen MR) is 63.5 cm³/mol. The van der Waals surface area contributed by atoms with Crippen molar-refractivity contribution in [3.05, 3.63) is 42.2 Å².